The number of nitrogens with zero attached hydrogens (tertiary/aromatic N) is 2. The molecule has 0 bridgehead atoms. The van der Waals surface area contributed by atoms with Gasteiger partial charge in [0.15, 0.2) is 4.80 Å². The normalized spacial score (nSPS) is 16.3. The first-order valence-electron chi connectivity index (χ1n) is 10.1. The number of hydrogen-bond acceptors (Lipinski definition) is 5. The van der Waals surface area contributed by atoms with E-state index in [1.807, 2.05) is 78.9 Å². The largest absolute Gasteiger partial charge is 0.463 e. The molecular formula is C25H22N2O3S. The molecule has 0 radical (unpaired) electrons. The van der Waals surface area contributed by atoms with Gasteiger partial charge in [0.05, 0.1) is 28.5 Å². The van der Waals surface area contributed by atoms with Crippen LogP contribution in [0.15, 0.2) is 87.8 Å². The molecule has 1 aliphatic heterocycles. The second-order valence-electron chi connectivity index (χ2n) is 7.03. The van der Waals surface area contributed by atoms with E-state index in [0.29, 0.717) is 20.6 Å². The average Bonchev–Trinajstić information content (AvgIpc) is 3.08. The highest BCUT2D eigenvalue weighted by atomic mass is 32.1. The monoisotopic (exact) mass is 430 g/mol. The minimum Gasteiger partial charge on any atom is -0.463 e. The Balaban J connectivity index is 1.88. The van der Waals surface area contributed by atoms with Crippen molar-refractivity contribution in [2.75, 3.05) is 6.61 Å². The number of benzene rings is 2. The lowest BCUT2D eigenvalue weighted by molar-refractivity contribution is -0.139. The molecule has 2 heterocycles. The van der Waals surface area contributed by atoms with E-state index in [0.717, 1.165) is 11.1 Å². The molecule has 0 aliphatic carbocycles. The third-order valence-electron chi connectivity index (χ3n) is 4.93. The number of esters is 1. The molecule has 2 aromatic carbocycles. The fraction of sp³-hybridized carbons (Fsp3) is 0.160. The predicted molar refractivity (Wildman–Crippen MR) is 123 cm³/mol. The van der Waals surface area contributed by atoms with Crippen LogP contribution in [0.5, 0.6) is 0 Å². The predicted octanol–water partition coefficient (Wildman–Crippen LogP) is 3.46. The number of carbonyl (C=O) groups excluding carboxylic acids is 1. The molecule has 0 saturated carbocycles. The summed E-state index contributed by atoms with van der Waals surface area (Å²) in [4.78, 5) is 31.2. The van der Waals surface area contributed by atoms with Crippen molar-refractivity contribution < 1.29 is 9.53 Å². The van der Waals surface area contributed by atoms with Crippen molar-refractivity contribution in [1.82, 2.24) is 4.57 Å². The second-order valence-corrected chi connectivity index (χ2v) is 8.03. The maximum atomic E-state index is 13.3. The Kier molecular flexibility index (Phi) is 6.09. The zero-order chi connectivity index (χ0) is 21.8. The fourth-order valence-corrected chi connectivity index (χ4v) is 4.54. The quantitative estimate of drug-likeness (QED) is 0.583. The summed E-state index contributed by atoms with van der Waals surface area (Å²) in [6.07, 6.45) is 5.63. The molecule has 0 N–H and O–H groups in total. The minimum absolute atomic E-state index is 0.176. The lowest BCUT2D eigenvalue weighted by Crippen LogP contribution is -2.38. The van der Waals surface area contributed by atoms with Crippen LogP contribution in [0, 0.1) is 0 Å². The van der Waals surface area contributed by atoms with Crippen molar-refractivity contribution in [3.8, 4) is 0 Å². The lowest BCUT2D eigenvalue weighted by Gasteiger charge is -2.21. The van der Waals surface area contributed by atoms with Gasteiger partial charge in [0, 0.05) is 0 Å². The maximum absolute atomic E-state index is 13.3. The van der Waals surface area contributed by atoms with Gasteiger partial charge in [0.2, 0.25) is 0 Å². The van der Waals surface area contributed by atoms with Gasteiger partial charge < -0.3 is 4.74 Å². The summed E-state index contributed by atoms with van der Waals surface area (Å²) in [5, 5.41) is 0. The van der Waals surface area contributed by atoms with Crippen molar-refractivity contribution in [1.29, 1.82) is 0 Å². The summed E-state index contributed by atoms with van der Waals surface area (Å²) in [5.41, 5.74) is 2.68. The highest BCUT2D eigenvalue weighted by Gasteiger charge is 2.30. The van der Waals surface area contributed by atoms with Gasteiger partial charge in [0.1, 0.15) is 0 Å². The van der Waals surface area contributed by atoms with E-state index in [1.54, 1.807) is 18.4 Å². The van der Waals surface area contributed by atoms with E-state index in [1.165, 1.54) is 11.3 Å². The van der Waals surface area contributed by atoms with Crippen LogP contribution in [0.1, 0.15) is 31.0 Å². The summed E-state index contributed by atoms with van der Waals surface area (Å²) in [5.74, 6) is -0.455. The zero-order valence-electron chi connectivity index (χ0n) is 17.3. The lowest BCUT2D eigenvalue weighted by atomic mass is 10.0. The van der Waals surface area contributed by atoms with Crippen LogP contribution in [0.3, 0.4) is 0 Å². The number of hydrogen-bond donors (Lipinski definition) is 0. The van der Waals surface area contributed by atoms with E-state index >= 15 is 0 Å². The van der Waals surface area contributed by atoms with Crippen LogP contribution < -0.4 is 14.9 Å². The Bertz CT molecular complexity index is 1330. The molecule has 1 aromatic heterocycles. The first kappa shape index (κ1) is 20.8. The summed E-state index contributed by atoms with van der Waals surface area (Å²) >= 11 is 1.32. The van der Waals surface area contributed by atoms with Gasteiger partial charge in [-0.2, -0.15) is 0 Å². The van der Waals surface area contributed by atoms with Crippen LogP contribution in [0.4, 0.5) is 0 Å². The first-order valence-corrected chi connectivity index (χ1v) is 10.9. The van der Waals surface area contributed by atoms with Crippen LogP contribution in [0.2, 0.25) is 0 Å². The molecule has 6 heteroatoms. The summed E-state index contributed by atoms with van der Waals surface area (Å²) < 4.78 is 7.43. The number of allylic oxidation sites excluding steroid dienone is 2. The number of thiazole rings is 1. The van der Waals surface area contributed by atoms with Crippen molar-refractivity contribution in [3.63, 3.8) is 0 Å². The highest BCUT2D eigenvalue weighted by Crippen LogP contribution is 2.26. The summed E-state index contributed by atoms with van der Waals surface area (Å²) in [6, 6.07) is 18.9. The third-order valence-corrected chi connectivity index (χ3v) is 5.91. The summed E-state index contributed by atoms with van der Waals surface area (Å²) in [6.45, 7) is 3.80. The number of ether oxygens (including phenoxy) is 1. The van der Waals surface area contributed by atoms with Gasteiger partial charge in [-0.15, -0.1) is 0 Å². The van der Waals surface area contributed by atoms with Crippen LogP contribution in [-0.4, -0.2) is 17.1 Å². The Labute approximate surface area is 184 Å². The van der Waals surface area contributed by atoms with E-state index in [9.17, 15) is 9.59 Å². The van der Waals surface area contributed by atoms with Gasteiger partial charge in [-0.3, -0.25) is 9.36 Å². The molecule has 156 valence electrons. The number of aromatic nitrogens is 1. The van der Waals surface area contributed by atoms with Gasteiger partial charge in [-0.25, -0.2) is 9.79 Å². The Morgan fingerprint density at radius 3 is 2.39 bits per heavy atom. The molecule has 31 heavy (non-hydrogen) atoms. The molecule has 0 amide bonds. The van der Waals surface area contributed by atoms with Gasteiger partial charge in [-0.1, -0.05) is 84.2 Å². The van der Waals surface area contributed by atoms with Crippen LogP contribution in [0.25, 0.3) is 12.2 Å². The fourth-order valence-electron chi connectivity index (χ4n) is 3.48. The highest BCUT2D eigenvalue weighted by molar-refractivity contribution is 7.07. The standard InChI is InChI=1S/C25H22N2O3S/c1-3-30-24(29)22-17(2)26-25-27(20(22)15-14-18-10-6-4-7-11-18)23(28)21(31-25)16-19-12-8-5-9-13-19/h4-16,20H,3H2,1-2H3/b15-14+,21-16-/t20-/m0/s1. The molecule has 3 aromatic rings. The third kappa shape index (κ3) is 4.34. The van der Waals surface area contributed by atoms with Gasteiger partial charge >= 0.3 is 5.97 Å². The topological polar surface area (TPSA) is 60.7 Å². The Morgan fingerprint density at radius 1 is 1.10 bits per heavy atom. The van der Waals surface area contributed by atoms with Crippen molar-refractivity contribution >= 4 is 29.5 Å². The van der Waals surface area contributed by atoms with E-state index < -0.39 is 12.0 Å². The van der Waals surface area contributed by atoms with Crippen molar-refractivity contribution in [2.24, 2.45) is 4.99 Å². The van der Waals surface area contributed by atoms with Gasteiger partial charge in [-0.05, 0) is 31.1 Å². The number of carbonyl (C=O) groups is 1. The molecule has 0 spiro atoms. The molecule has 5 nitrogen and oxygen atoms in total. The summed E-state index contributed by atoms with van der Waals surface area (Å²) in [7, 11) is 0. The molecule has 1 aliphatic rings. The Morgan fingerprint density at radius 2 is 1.74 bits per heavy atom. The van der Waals surface area contributed by atoms with Crippen molar-refractivity contribution in [3.05, 3.63) is 109 Å². The average molecular weight is 431 g/mol. The minimum atomic E-state index is -0.589. The maximum Gasteiger partial charge on any atom is 0.338 e. The molecular weight excluding hydrogens is 408 g/mol. The Hall–Kier alpha value is -3.51. The van der Waals surface area contributed by atoms with E-state index in [4.69, 9.17) is 4.74 Å². The zero-order valence-corrected chi connectivity index (χ0v) is 18.1. The van der Waals surface area contributed by atoms with Gasteiger partial charge in [0.25, 0.3) is 5.56 Å². The van der Waals surface area contributed by atoms with E-state index in [-0.39, 0.29) is 12.2 Å². The van der Waals surface area contributed by atoms with E-state index in [2.05, 4.69) is 4.99 Å². The molecule has 4 rings (SSSR count). The van der Waals surface area contributed by atoms with Crippen molar-refractivity contribution in [2.45, 2.75) is 19.9 Å². The first-order chi connectivity index (χ1) is 15.1. The second kappa shape index (κ2) is 9.10. The SMILES string of the molecule is CCOC(=O)C1=C(C)N=c2s/c(=C\c3ccccc3)c(=O)n2[C@H]1/C=C/c1ccccc1. The molecule has 0 fully saturated rings. The van der Waals surface area contributed by atoms with Crippen LogP contribution >= 0.6 is 11.3 Å². The number of fused-ring (bicyclic) bond motifs is 1. The smallest absolute Gasteiger partial charge is 0.338 e. The molecule has 0 saturated heterocycles. The number of rotatable bonds is 5. The molecule has 0 unspecified atom stereocenters. The molecule has 1 atom stereocenters. The van der Waals surface area contributed by atoms with Crippen LogP contribution in [-0.2, 0) is 9.53 Å².